The third kappa shape index (κ3) is 2.60. The van der Waals surface area contributed by atoms with Crippen molar-refractivity contribution < 1.29 is 0 Å². The lowest BCUT2D eigenvalue weighted by Gasteiger charge is -2.38. The van der Waals surface area contributed by atoms with Gasteiger partial charge in [0.25, 0.3) is 0 Å². The molecule has 1 N–H and O–H groups in total. The first-order valence-corrected chi connectivity index (χ1v) is 7.02. The normalized spacial score (nSPS) is 30.0. The van der Waals surface area contributed by atoms with E-state index in [-0.39, 0.29) is 0 Å². The van der Waals surface area contributed by atoms with Gasteiger partial charge in [-0.05, 0) is 58.4 Å². The zero-order valence-corrected chi connectivity index (χ0v) is 11.4. The Morgan fingerprint density at radius 3 is 2.44 bits per heavy atom. The molecule has 0 aromatic carbocycles. The summed E-state index contributed by atoms with van der Waals surface area (Å²) in [5.41, 5.74) is 0.614. The van der Waals surface area contributed by atoms with Gasteiger partial charge in [0.2, 0.25) is 0 Å². The standard InChI is InChI=1S/C14H28N2/c1-11(2)16(10-13-6-5-9-15-13)12(3)14(4)7-8-14/h11-13,15H,5-10H2,1-4H3. The number of hydrogen-bond acceptors (Lipinski definition) is 2. The van der Waals surface area contributed by atoms with Gasteiger partial charge in [-0.15, -0.1) is 0 Å². The van der Waals surface area contributed by atoms with E-state index in [9.17, 15) is 0 Å². The summed E-state index contributed by atoms with van der Waals surface area (Å²) in [7, 11) is 0. The molecule has 2 fully saturated rings. The van der Waals surface area contributed by atoms with Gasteiger partial charge >= 0.3 is 0 Å². The molecule has 1 aliphatic heterocycles. The third-order valence-electron chi connectivity index (χ3n) is 4.80. The van der Waals surface area contributed by atoms with Crippen LogP contribution in [0.2, 0.25) is 0 Å². The van der Waals surface area contributed by atoms with Crippen LogP contribution in [0.5, 0.6) is 0 Å². The van der Waals surface area contributed by atoms with Gasteiger partial charge in [0.15, 0.2) is 0 Å². The highest BCUT2D eigenvalue weighted by atomic mass is 15.2. The molecule has 0 radical (unpaired) electrons. The van der Waals surface area contributed by atoms with E-state index in [0.717, 1.165) is 12.1 Å². The van der Waals surface area contributed by atoms with Crippen molar-refractivity contribution in [3.8, 4) is 0 Å². The Hall–Kier alpha value is -0.0800. The predicted molar refractivity (Wildman–Crippen MR) is 69.7 cm³/mol. The molecule has 1 heterocycles. The molecule has 0 aromatic rings. The quantitative estimate of drug-likeness (QED) is 0.772. The molecule has 1 saturated heterocycles. The number of nitrogens with one attached hydrogen (secondary N) is 1. The van der Waals surface area contributed by atoms with Crippen LogP contribution in [0.25, 0.3) is 0 Å². The Morgan fingerprint density at radius 1 is 1.31 bits per heavy atom. The van der Waals surface area contributed by atoms with Crippen LogP contribution in [0, 0.1) is 5.41 Å². The van der Waals surface area contributed by atoms with E-state index in [1.165, 1.54) is 38.8 Å². The molecular weight excluding hydrogens is 196 g/mol. The van der Waals surface area contributed by atoms with Crippen molar-refractivity contribution in [1.82, 2.24) is 10.2 Å². The van der Waals surface area contributed by atoms with Crippen molar-refractivity contribution in [2.75, 3.05) is 13.1 Å². The summed E-state index contributed by atoms with van der Waals surface area (Å²) in [4.78, 5) is 2.72. The van der Waals surface area contributed by atoms with Crippen LogP contribution in [-0.4, -0.2) is 36.1 Å². The lowest BCUT2D eigenvalue weighted by Crippen LogP contribution is -2.48. The largest absolute Gasteiger partial charge is 0.313 e. The van der Waals surface area contributed by atoms with Crippen LogP contribution in [0.3, 0.4) is 0 Å². The topological polar surface area (TPSA) is 15.3 Å². The fourth-order valence-electron chi connectivity index (χ4n) is 3.00. The van der Waals surface area contributed by atoms with Crippen molar-refractivity contribution in [2.45, 2.75) is 71.5 Å². The zero-order valence-electron chi connectivity index (χ0n) is 11.4. The van der Waals surface area contributed by atoms with E-state index in [4.69, 9.17) is 0 Å². The first-order valence-electron chi connectivity index (χ1n) is 7.02. The van der Waals surface area contributed by atoms with Gasteiger partial charge in [0.05, 0.1) is 0 Å². The summed E-state index contributed by atoms with van der Waals surface area (Å²) in [6.07, 6.45) is 5.58. The van der Waals surface area contributed by atoms with Crippen LogP contribution >= 0.6 is 0 Å². The summed E-state index contributed by atoms with van der Waals surface area (Å²) in [6.45, 7) is 12.0. The van der Waals surface area contributed by atoms with Crippen LogP contribution in [-0.2, 0) is 0 Å². The van der Waals surface area contributed by atoms with Gasteiger partial charge in [-0.1, -0.05) is 6.92 Å². The Labute approximate surface area is 101 Å². The molecule has 0 spiro atoms. The molecule has 16 heavy (non-hydrogen) atoms. The van der Waals surface area contributed by atoms with E-state index in [1.807, 2.05) is 0 Å². The predicted octanol–water partition coefficient (Wildman–Crippen LogP) is 2.64. The fourth-order valence-corrected chi connectivity index (χ4v) is 3.00. The van der Waals surface area contributed by atoms with Crippen molar-refractivity contribution in [3.05, 3.63) is 0 Å². The van der Waals surface area contributed by atoms with Gasteiger partial charge < -0.3 is 5.32 Å². The Balaban J connectivity index is 1.93. The number of hydrogen-bond donors (Lipinski definition) is 1. The first kappa shape index (κ1) is 12.4. The molecule has 0 amide bonds. The highest BCUT2D eigenvalue weighted by Crippen LogP contribution is 2.50. The van der Waals surface area contributed by atoms with E-state index < -0.39 is 0 Å². The second-order valence-corrected chi connectivity index (χ2v) is 6.41. The molecule has 0 bridgehead atoms. The molecule has 1 aliphatic carbocycles. The molecule has 94 valence electrons. The third-order valence-corrected chi connectivity index (χ3v) is 4.80. The fraction of sp³-hybridized carbons (Fsp3) is 1.00. The number of nitrogens with zero attached hydrogens (tertiary/aromatic N) is 1. The van der Waals surface area contributed by atoms with Gasteiger partial charge in [-0.2, -0.15) is 0 Å². The molecule has 0 aromatic heterocycles. The summed E-state index contributed by atoms with van der Waals surface area (Å²) in [5, 5.41) is 3.63. The van der Waals surface area contributed by atoms with E-state index in [2.05, 4.69) is 37.9 Å². The van der Waals surface area contributed by atoms with Gasteiger partial charge in [-0.3, -0.25) is 4.90 Å². The summed E-state index contributed by atoms with van der Waals surface area (Å²) < 4.78 is 0. The minimum Gasteiger partial charge on any atom is -0.313 e. The maximum atomic E-state index is 3.63. The van der Waals surface area contributed by atoms with E-state index in [1.54, 1.807) is 0 Å². The molecule has 1 saturated carbocycles. The average molecular weight is 224 g/mol. The monoisotopic (exact) mass is 224 g/mol. The molecule has 2 aliphatic rings. The van der Waals surface area contributed by atoms with E-state index >= 15 is 0 Å². The minimum absolute atomic E-state index is 0.614. The molecule has 2 unspecified atom stereocenters. The Morgan fingerprint density at radius 2 is 2.00 bits per heavy atom. The maximum Gasteiger partial charge on any atom is 0.0195 e. The summed E-state index contributed by atoms with van der Waals surface area (Å²) in [6, 6.07) is 2.16. The minimum atomic E-state index is 0.614. The average Bonchev–Trinajstić information content (AvgIpc) is 2.80. The van der Waals surface area contributed by atoms with Crippen molar-refractivity contribution in [2.24, 2.45) is 5.41 Å². The van der Waals surface area contributed by atoms with Gasteiger partial charge in [0.1, 0.15) is 0 Å². The molecule has 2 nitrogen and oxygen atoms in total. The second-order valence-electron chi connectivity index (χ2n) is 6.41. The summed E-state index contributed by atoms with van der Waals surface area (Å²) in [5.74, 6) is 0. The van der Waals surface area contributed by atoms with Gasteiger partial charge in [-0.25, -0.2) is 0 Å². The Bertz CT molecular complexity index is 227. The molecule has 2 heteroatoms. The van der Waals surface area contributed by atoms with Crippen LogP contribution in [0.4, 0.5) is 0 Å². The second kappa shape index (κ2) is 4.66. The van der Waals surface area contributed by atoms with Crippen LogP contribution in [0.1, 0.15) is 53.4 Å². The van der Waals surface area contributed by atoms with Crippen LogP contribution < -0.4 is 5.32 Å². The number of rotatable bonds is 5. The molecule has 2 rings (SSSR count). The smallest absolute Gasteiger partial charge is 0.0195 e. The van der Waals surface area contributed by atoms with Crippen molar-refractivity contribution >= 4 is 0 Å². The lowest BCUT2D eigenvalue weighted by atomic mass is 9.97. The van der Waals surface area contributed by atoms with Crippen molar-refractivity contribution in [1.29, 1.82) is 0 Å². The molecule has 2 atom stereocenters. The van der Waals surface area contributed by atoms with E-state index in [0.29, 0.717) is 11.5 Å². The first-order chi connectivity index (χ1) is 7.53. The van der Waals surface area contributed by atoms with Crippen molar-refractivity contribution in [3.63, 3.8) is 0 Å². The molecular formula is C14H28N2. The van der Waals surface area contributed by atoms with Crippen LogP contribution in [0.15, 0.2) is 0 Å². The Kier molecular flexibility index (Phi) is 3.60. The highest BCUT2D eigenvalue weighted by molar-refractivity contribution is 4.99. The SMILES string of the molecule is CC(C)N(CC1CCCN1)C(C)C1(C)CC1. The van der Waals surface area contributed by atoms with Gasteiger partial charge in [0, 0.05) is 24.7 Å². The highest BCUT2D eigenvalue weighted by Gasteiger charge is 2.45. The zero-order chi connectivity index (χ0) is 11.8. The lowest BCUT2D eigenvalue weighted by molar-refractivity contribution is 0.104. The maximum absolute atomic E-state index is 3.63. The summed E-state index contributed by atoms with van der Waals surface area (Å²) >= 11 is 0.